The van der Waals surface area contributed by atoms with Crippen LogP contribution in [0.5, 0.6) is 0 Å². The number of aromatic nitrogens is 1. The third-order valence-electron chi connectivity index (χ3n) is 3.02. The van der Waals surface area contributed by atoms with Crippen molar-refractivity contribution in [3.8, 4) is 0 Å². The molecule has 4 heteroatoms. The summed E-state index contributed by atoms with van der Waals surface area (Å²) in [5, 5.41) is 3.15. The minimum Gasteiger partial charge on any atom is -0.346 e. The van der Waals surface area contributed by atoms with Gasteiger partial charge in [-0.25, -0.2) is 8.78 Å². The number of halogens is 2. The molecule has 0 saturated carbocycles. The second-order valence-electron chi connectivity index (χ2n) is 4.35. The Morgan fingerprint density at radius 1 is 1.22 bits per heavy atom. The lowest BCUT2D eigenvalue weighted by Gasteiger charge is -2.15. The van der Waals surface area contributed by atoms with Crippen molar-refractivity contribution in [2.75, 3.05) is 7.05 Å². The van der Waals surface area contributed by atoms with E-state index in [-0.39, 0.29) is 6.04 Å². The summed E-state index contributed by atoms with van der Waals surface area (Å²) >= 11 is 0. The highest BCUT2D eigenvalue weighted by molar-refractivity contribution is 5.20. The van der Waals surface area contributed by atoms with E-state index >= 15 is 0 Å². The monoisotopic (exact) mass is 250 g/mol. The van der Waals surface area contributed by atoms with Gasteiger partial charge in [0.05, 0.1) is 0 Å². The fourth-order valence-electron chi connectivity index (χ4n) is 2.01. The summed E-state index contributed by atoms with van der Waals surface area (Å²) in [6.07, 6.45) is 1.91. The van der Waals surface area contributed by atoms with Crippen molar-refractivity contribution in [2.24, 2.45) is 0 Å². The smallest absolute Gasteiger partial charge is 0.126 e. The maximum Gasteiger partial charge on any atom is 0.126 e. The van der Waals surface area contributed by atoms with Crippen LogP contribution in [0, 0.1) is 11.6 Å². The first kappa shape index (κ1) is 12.8. The summed E-state index contributed by atoms with van der Waals surface area (Å²) in [4.78, 5) is 0. The van der Waals surface area contributed by atoms with Crippen molar-refractivity contribution in [2.45, 2.75) is 19.5 Å². The Labute approximate surface area is 105 Å². The molecule has 1 heterocycles. The Hall–Kier alpha value is -1.68. The topological polar surface area (TPSA) is 17.0 Å². The number of nitrogens with one attached hydrogen (secondary N) is 1. The molecule has 1 unspecified atom stereocenters. The van der Waals surface area contributed by atoms with Gasteiger partial charge in [0, 0.05) is 30.5 Å². The number of rotatable bonds is 4. The van der Waals surface area contributed by atoms with Crippen LogP contribution in [0.2, 0.25) is 0 Å². The molecule has 18 heavy (non-hydrogen) atoms. The van der Waals surface area contributed by atoms with Gasteiger partial charge < -0.3 is 9.88 Å². The van der Waals surface area contributed by atoms with Gasteiger partial charge in [0.15, 0.2) is 0 Å². The van der Waals surface area contributed by atoms with Gasteiger partial charge >= 0.3 is 0 Å². The van der Waals surface area contributed by atoms with Crippen molar-refractivity contribution in [3.05, 3.63) is 59.4 Å². The van der Waals surface area contributed by atoms with Crippen molar-refractivity contribution >= 4 is 0 Å². The van der Waals surface area contributed by atoms with Gasteiger partial charge in [0.25, 0.3) is 0 Å². The Kier molecular flexibility index (Phi) is 3.77. The predicted molar refractivity (Wildman–Crippen MR) is 67.4 cm³/mol. The molecule has 0 amide bonds. The molecule has 1 aromatic carbocycles. The van der Waals surface area contributed by atoms with Gasteiger partial charge in [-0.05, 0) is 43.8 Å². The fraction of sp³-hybridized carbons (Fsp3) is 0.286. The summed E-state index contributed by atoms with van der Waals surface area (Å²) in [6, 6.07) is 7.72. The third kappa shape index (κ3) is 2.76. The molecule has 2 rings (SSSR count). The van der Waals surface area contributed by atoms with E-state index in [1.807, 2.05) is 36.9 Å². The van der Waals surface area contributed by atoms with Crippen LogP contribution in [-0.4, -0.2) is 11.6 Å². The number of benzene rings is 1. The van der Waals surface area contributed by atoms with Crippen LogP contribution >= 0.6 is 0 Å². The largest absolute Gasteiger partial charge is 0.346 e. The van der Waals surface area contributed by atoms with Gasteiger partial charge in [-0.1, -0.05) is 0 Å². The first-order valence-corrected chi connectivity index (χ1v) is 5.87. The van der Waals surface area contributed by atoms with Crippen LogP contribution in [0.25, 0.3) is 0 Å². The molecule has 1 N–H and O–H groups in total. The van der Waals surface area contributed by atoms with E-state index in [9.17, 15) is 8.78 Å². The van der Waals surface area contributed by atoms with Crippen molar-refractivity contribution in [1.82, 2.24) is 9.88 Å². The molecule has 1 atom stereocenters. The van der Waals surface area contributed by atoms with Crippen LogP contribution in [0.15, 0.2) is 36.5 Å². The lowest BCUT2D eigenvalue weighted by atomic mass is 10.2. The molecule has 0 aliphatic carbocycles. The number of nitrogens with zero attached hydrogens (tertiary/aromatic N) is 1. The molecule has 0 saturated heterocycles. The minimum absolute atomic E-state index is 0.193. The molecule has 1 aromatic heterocycles. The van der Waals surface area contributed by atoms with Crippen LogP contribution in [0.3, 0.4) is 0 Å². The maximum atomic E-state index is 13.1. The Morgan fingerprint density at radius 3 is 2.50 bits per heavy atom. The standard InChI is InChI=1S/C14H16F2N2/c1-10(17-2)14-4-3-5-18(14)9-11-6-12(15)8-13(16)7-11/h3-8,10,17H,9H2,1-2H3. The van der Waals surface area contributed by atoms with E-state index in [0.29, 0.717) is 12.1 Å². The Bertz CT molecular complexity index is 514. The molecule has 0 radical (unpaired) electrons. The Balaban J connectivity index is 2.26. The second-order valence-corrected chi connectivity index (χ2v) is 4.35. The maximum absolute atomic E-state index is 13.1. The van der Waals surface area contributed by atoms with E-state index in [1.165, 1.54) is 12.1 Å². The van der Waals surface area contributed by atoms with E-state index in [2.05, 4.69) is 5.32 Å². The highest BCUT2D eigenvalue weighted by atomic mass is 19.1. The van der Waals surface area contributed by atoms with Gasteiger partial charge in [-0.3, -0.25) is 0 Å². The van der Waals surface area contributed by atoms with E-state index in [1.54, 1.807) is 0 Å². The predicted octanol–water partition coefficient (Wildman–Crippen LogP) is 3.10. The van der Waals surface area contributed by atoms with Crippen LogP contribution < -0.4 is 5.32 Å². The third-order valence-corrected chi connectivity index (χ3v) is 3.02. The fourth-order valence-corrected chi connectivity index (χ4v) is 2.01. The van der Waals surface area contributed by atoms with Crippen LogP contribution in [0.1, 0.15) is 24.2 Å². The average molecular weight is 250 g/mol. The van der Waals surface area contributed by atoms with Gasteiger partial charge in [0.2, 0.25) is 0 Å². The van der Waals surface area contributed by atoms with Gasteiger partial charge in [-0.15, -0.1) is 0 Å². The quantitative estimate of drug-likeness (QED) is 0.882. The number of hydrogen-bond donors (Lipinski definition) is 1. The highest BCUT2D eigenvalue weighted by Gasteiger charge is 2.09. The normalized spacial score (nSPS) is 12.7. The van der Waals surface area contributed by atoms with Gasteiger partial charge in [0.1, 0.15) is 11.6 Å². The minimum atomic E-state index is -0.541. The molecule has 2 aromatic rings. The zero-order chi connectivity index (χ0) is 13.1. The van der Waals surface area contributed by atoms with E-state index in [0.717, 1.165) is 11.8 Å². The average Bonchev–Trinajstić information content (AvgIpc) is 2.74. The second kappa shape index (κ2) is 5.31. The zero-order valence-corrected chi connectivity index (χ0v) is 10.5. The Morgan fingerprint density at radius 2 is 1.89 bits per heavy atom. The summed E-state index contributed by atoms with van der Waals surface area (Å²) < 4.78 is 28.2. The summed E-state index contributed by atoms with van der Waals surface area (Å²) in [6.45, 7) is 2.50. The van der Waals surface area contributed by atoms with Crippen LogP contribution in [-0.2, 0) is 6.54 Å². The lowest BCUT2D eigenvalue weighted by Crippen LogP contribution is -2.17. The number of hydrogen-bond acceptors (Lipinski definition) is 1. The molecule has 0 bridgehead atoms. The van der Waals surface area contributed by atoms with Gasteiger partial charge in [-0.2, -0.15) is 0 Å². The van der Waals surface area contributed by atoms with Crippen molar-refractivity contribution in [1.29, 1.82) is 0 Å². The highest BCUT2D eigenvalue weighted by Crippen LogP contribution is 2.16. The first-order valence-electron chi connectivity index (χ1n) is 5.87. The molecule has 96 valence electrons. The van der Waals surface area contributed by atoms with E-state index in [4.69, 9.17) is 0 Å². The molecule has 0 fully saturated rings. The summed E-state index contributed by atoms with van der Waals surface area (Å²) in [5.41, 5.74) is 1.70. The van der Waals surface area contributed by atoms with E-state index < -0.39 is 11.6 Å². The summed E-state index contributed by atoms with van der Waals surface area (Å²) in [5.74, 6) is -1.08. The molecule has 0 aliphatic heterocycles. The molecule has 2 nitrogen and oxygen atoms in total. The molecular weight excluding hydrogens is 234 g/mol. The van der Waals surface area contributed by atoms with Crippen molar-refractivity contribution < 1.29 is 8.78 Å². The van der Waals surface area contributed by atoms with Crippen molar-refractivity contribution in [3.63, 3.8) is 0 Å². The molecule has 0 aliphatic rings. The lowest BCUT2D eigenvalue weighted by molar-refractivity contribution is 0.568. The zero-order valence-electron chi connectivity index (χ0n) is 10.5. The SMILES string of the molecule is CNC(C)c1cccn1Cc1cc(F)cc(F)c1. The van der Waals surface area contributed by atoms with Crippen LogP contribution in [0.4, 0.5) is 8.78 Å². The first-order chi connectivity index (χ1) is 8.60. The summed E-state index contributed by atoms with van der Waals surface area (Å²) in [7, 11) is 1.88. The molecule has 0 spiro atoms. The molecular formula is C14H16F2N2.